The molecule has 35 heavy (non-hydrogen) atoms. The van der Waals surface area contributed by atoms with Crippen LogP contribution in [0.15, 0.2) is 24.8 Å². The summed E-state index contributed by atoms with van der Waals surface area (Å²) in [6, 6.07) is 3.19. The van der Waals surface area contributed by atoms with Gasteiger partial charge in [-0.3, -0.25) is 0 Å². The molecule has 0 radical (unpaired) electrons. The number of ether oxygens (including phenoxy) is 3. The van der Waals surface area contributed by atoms with Gasteiger partial charge in [-0.2, -0.15) is 0 Å². The minimum absolute atomic E-state index is 0.0404. The van der Waals surface area contributed by atoms with Gasteiger partial charge in [-0.25, -0.2) is 29.5 Å². The first-order valence-corrected chi connectivity index (χ1v) is 11.5. The summed E-state index contributed by atoms with van der Waals surface area (Å²) in [4.78, 5) is 42.3. The van der Waals surface area contributed by atoms with E-state index < -0.39 is 11.9 Å². The maximum absolute atomic E-state index is 11.4. The van der Waals surface area contributed by atoms with Crippen molar-refractivity contribution in [3.8, 4) is 0 Å². The van der Waals surface area contributed by atoms with Gasteiger partial charge in [-0.15, -0.1) is 0 Å². The highest BCUT2D eigenvalue weighted by Crippen LogP contribution is 2.41. The quantitative estimate of drug-likeness (QED) is 0.616. The number of esters is 1. The lowest BCUT2D eigenvalue weighted by Gasteiger charge is -2.47. The first-order chi connectivity index (χ1) is 16.9. The second-order valence-corrected chi connectivity index (χ2v) is 9.64. The average molecular weight is 485 g/mol. The van der Waals surface area contributed by atoms with Crippen LogP contribution in [-0.4, -0.2) is 96.7 Å². The number of aromatic carboxylic acids is 1. The average Bonchev–Trinajstić information content (AvgIpc) is 3.53. The Morgan fingerprint density at radius 2 is 1.34 bits per heavy atom. The molecule has 0 saturated carbocycles. The second-order valence-electron chi connectivity index (χ2n) is 9.64. The highest BCUT2D eigenvalue weighted by Gasteiger charge is 2.47. The van der Waals surface area contributed by atoms with E-state index in [4.69, 9.17) is 14.6 Å². The van der Waals surface area contributed by atoms with Crippen LogP contribution in [0.1, 0.15) is 33.8 Å². The van der Waals surface area contributed by atoms with E-state index in [2.05, 4.69) is 34.5 Å². The minimum Gasteiger partial charge on any atom is -0.477 e. The maximum atomic E-state index is 11.4. The first kappa shape index (κ1) is 23.4. The van der Waals surface area contributed by atoms with E-state index in [0.29, 0.717) is 16.9 Å². The SMILES string of the molecule is COC(=O)c1cc(N2CC3(CCOC3)C2)ncn1.O=C(O)c1cc(N2CC3(CCOC3)C2)ncn1. The number of anilines is 2. The molecule has 2 aromatic heterocycles. The summed E-state index contributed by atoms with van der Waals surface area (Å²) < 4.78 is 15.5. The monoisotopic (exact) mass is 484 g/mol. The number of carbonyl (C=O) groups excluding carboxylic acids is 1. The minimum atomic E-state index is -1.02. The molecule has 12 heteroatoms. The van der Waals surface area contributed by atoms with Gasteiger partial charge in [0.15, 0.2) is 11.4 Å². The van der Waals surface area contributed by atoms with E-state index in [1.807, 2.05) is 0 Å². The van der Waals surface area contributed by atoms with Crippen LogP contribution in [0.2, 0.25) is 0 Å². The molecule has 0 bridgehead atoms. The molecule has 2 spiro atoms. The largest absolute Gasteiger partial charge is 0.477 e. The molecule has 6 rings (SSSR count). The molecule has 12 nitrogen and oxygen atoms in total. The number of nitrogens with zero attached hydrogens (tertiary/aromatic N) is 6. The first-order valence-electron chi connectivity index (χ1n) is 11.5. The lowest BCUT2D eigenvalue weighted by Crippen LogP contribution is -2.57. The summed E-state index contributed by atoms with van der Waals surface area (Å²) in [5, 5.41) is 8.86. The van der Waals surface area contributed by atoms with Crippen LogP contribution in [0.3, 0.4) is 0 Å². The van der Waals surface area contributed by atoms with Crippen LogP contribution in [0.4, 0.5) is 11.6 Å². The van der Waals surface area contributed by atoms with Crippen molar-refractivity contribution < 1.29 is 28.9 Å². The zero-order valence-corrected chi connectivity index (χ0v) is 19.6. The summed E-state index contributed by atoms with van der Waals surface area (Å²) >= 11 is 0. The summed E-state index contributed by atoms with van der Waals surface area (Å²) in [5.74, 6) is 0.0176. The normalized spacial score (nSPS) is 21.2. The maximum Gasteiger partial charge on any atom is 0.356 e. The van der Waals surface area contributed by atoms with Gasteiger partial charge in [0.2, 0.25) is 0 Å². The zero-order valence-electron chi connectivity index (χ0n) is 19.6. The Kier molecular flexibility index (Phi) is 6.24. The van der Waals surface area contributed by atoms with Gasteiger partial charge < -0.3 is 29.1 Å². The van der Waals surface area contributed by atoms with Crippen molar-refractivity contribution >= 4 is 23.6 Å². The number of carboxylic acid groups (broad SMARTS) is 1. The van der Waals surface area contributed by atoms with Crippen molar-refractivity contribution in [3.63, 3.8) is 0 Å². The van der Waals surface area contributed by atoms with Gasteiger partial charge in [0.05, 0.1) is 20.3 Å². The van der Waals surface area contributed by atoms with E-state index in [0.717, 1.165) is 71.3 Å². The number of hydrogen-bond acceptors (Lipinski definition) is 11. The van der Waals surface area contributed by atoms with Gasteiger partial charge in [0.25, 0.3) is 0 Å². The topological polar surface area (TPSA) is 140 Å². The van der Waals surface area contributed by atoms with Gasteiger partial charge in [0.1, 0.15) is 24.3 Å². The highest BCUT2D eigenvalue weighted by atomic mass is 16.5. The molecule has 1 N–H and O–H groups in total. The van der Waals surface area contributed by atoms with Crippen molar-refractivity contribution in [2.24, 2.45) is 10.8 Å². The summed E-state index contributed by atoms with van der Waals surface area (Å²) in [6.45, 7) is 6.98. The van der Waals surface area contributed by atoms with Crippen molar-refractivity contribution in [1.82, 2.24) is 19.9 Å². The summed E-state index contributed by atoms with van der Waals surface area (Å²) in [7, 11) is 1.35. The highest BCUT2D eigenvalue weighted by molar-refractivity contribution is 5.88. The molecule has 6 heterocycles. The van der Waals surface area contributed by atoms with E-state index in [1.165, 1.54) is 25.8 Å². The molecule has 0 atom stereocenters. The predicted molar refractivity (Wildman–Crippen MR) is 123 cm³/mol. The fraction of sp³-hybridized carbons (Fsp3) is 0.565. The van der Waals surface area contributed by atoms with E-state index in [-0.39, 0.29) is 11.1 Å². The van der Waals surface area contributed by atoms with Crippen molar-refractivity contribution in [1.29, 1.82) is 0 Å². The second kappa shape index (κ2) is 9.34. The van der Waals surface area contributed by atoms with Gasteiger partial charge in [-0.1, -0.05) is 0 Å². The van der Waals surface area contributed by atoms with E-state index >= 15 is 0 Å². The molecular formula is C23H28N6O6. The van der Waals surface area contributed by atoms with Crippen LogP contribution >= 0.6 is 0 Å². The number of aromatic nitrogens is 4. The van der Waals surface area contributed by atoms with Gasteiger partial charge in [-0.05, 0) is 12.8 Å². The fourth-order valence-electron chi connectivity index (χ4n) is 5.02. The fourth-order valence-corrected chi connectivity index (χ4v) is 5.02. The number of carbonyl (C=O) groups is 2. The summed E-state index contributed by atoms with van der Waals surface area (Å²) in [5.41, 5.74) is 0.912. The van der Waals surface area contributed by atoms with E-state index in [9.17, 15) is 9.59 Å². The number of rotatable bonds is 4. The van der Waals surface area contributed by atoms with Crippen LogP contribution in [0.5, 0.6) is 0 Å². The lowest BCUT2D eigenvalue weighted by molar-refractivity contribution is 0.0592. The van der Waals surface area contributed by atoms with Gasteiger partial charge in [0, 0.05) is 62.4 Å². The summed E-state index contributed by atoms with van der Waals surface area (Å²) in [6.07, 6.45) is 4.89. The third-order valence-electron chi connectivity index (χ3n) is 7.04. The molecule has 2 aromatic rings. The Hall–Kier alpha value is -3.38. The van der Waals surface area contributed by atoms with Crippen molar-refractivity contribution in [3.05, 3.63) is 36.2 Å². The van der Waals surface area contributed by atoms with E-state index in [1.54, 1.807) is 6.07 Å². The zero-order chi connectivity index (χ0) is 24.5. The molecule has 0 aliphatic carbocycles. The Morgan fingerprint density at radius 3 is 1.77 bits per heavy atom. The number of hydrogen-bond donors (Lipinski definition) is 1. The van der Waals surface area contributed by atoms with Gasteiger partial charge >= 0.3 is 11.9 Å². The molecule has 4 fully saturated rings. The molecule has 0 unspecified atom stereocenters. The molecule has 0 amide bonds. The third-order valence-corrected chi connectivity index (χ3v) is 7.04. The van der Waals surface area contributed by atoms with Crippen LogP contribution in [0.25, 0.3) is 0 Å². The molecular weight excluding hydrogens is 456 g/mol. The number of carboxylic acids is 1. The van der Waals surface area contributed by atoms with Crippen molar-refractivity contribution in [2.45, 2.75) is 12.8 Å². The van der Waals surface area contributed by atoms with Crippen LogP contribution in [0, 0.1) is 10.8 Å². The standard InChI is InChI=1S/C12H15N3O3.C11H13N3O3/c1-17-11(16)9-4-10(14-8-13-9)15-5-12(6-15)2-3-18-7-12;15-10(16)8-3-9(13-7-12-8)14-4-11(5-14)1-2-17-6-11/h4,8H,2-3,5-7H2,1H3;3,7H,1-2,4-6H2,(H,15,16). The van der Waals surface area contributed by atoms with Crippen LogP contribution < -0.4 is 9.80 Å². The predicted octanol–water partition coefficient (Wildman–Crippen LogP) is 0.891. The Labute approximate surface area is 202 Å². The van der Waals surface area contributed by atoms with Crippen LogP contribution in [-0.2, 0) is 14.2 Å². The number of methoxy groups -OCH3 is 1. The Bertz CT molecular complexity index is 1090. The molecule has 4 aliphatic heterocycles. The lowest BCUT2D eigenvalue weighted by atomic mass is 9.79. The molecule has 4 saturated heterocycles. The third kappa shape index (κ3) is 4.76. The molecule has 0 aromatic carbocycles. The van der Waals surface area contributed by atoms with Crippen molar-refractivity contribution in [2.75, 3.05) is 69.5 Å². The Balaban J connectivity index is 0.000000145. The molecule has 186 valence electrons. The smallest absolute Gasteiger partial charge is 0.356 e. The molecule has 4 aliphatic rings. The Morgan fingerprint density at radius 1 is 0.857 bits per heavy atom.